The van der Waals surface area contributed by atoms with Crippen molar-refractivity contribution in [3.8, 4) is 0 Å². The third-order valence-corrected chi connectivity index (χ3v) is 3.69. The van der Waals surface area contributed by atoms with Gasteiger partial charge in [-0.2, -0.15) is 0 Å². The lowest BCUT2D eigenvalue weighted by atomic mass is 10.1. The summed E-state index contributed by atoms with van der Waals surface area (Å²) in [6, 6.07) is 5.66. The van der Waals surface area contributed by atoms with Crippen LogP contribution in [-0.4, -0.2) is 28.5 Å². The molecule has 106 valence electrons. The highest BCUT2D eigenvalue weighted by atomic mass is 79.9. The van der Waals surface area contributed by atoms with E-state index in [-0.39, 0.29) is 18.2 Å². The second kappa shape index (κ2) is 6.09. The predicted octanol–water partition coefficient (Wildman–Crippen LogP) is 2.77. The van der Waals surface area contributed by atoms with E-state index in [4.69, 9.17) is 5.11 Å². The molecule has 1 atom stereocenters. The number of hydrogen-bond acceptors (Lipinski definition) is 2. The maximum absolute atomic E-state index is 12.2. The molecule has 0 saturated heterocycles. The third kappa shape index (κ3) is 3.19. The average Bonchev–Trinajstić information content (AvgIpc) is 2.80. The number of amides is 1. The number of aromatic amines is 1. The van der Waals surface area contributed by atoms with Crippen LogP contribution in [0.2, 0.25) is 0 Å². The molecule has 0 bridgehead atoms. The maximum Gasteiger partial charge on any atom is 0.303 e. The van der Waals surface area contributed by atoms with Crippen molar-refractivity contribution in [2.75, 3.05) is 6.54 Å². The lowest BCUT2D eigenvalue weighted by molar-refractivity contribution is -0.137. The Morgan fingerprint density at radius 1 is 1.45 bits per heavy atom. The largest absolute Gasteiger partial charge is 0.481 e. The minimum absolute atomic E-state index is 0.0395. The number of halogens is 1. The van der Waals surface area contributed by atoms with Gasteiger partial charge in [-0.1, -0.05) is 28.9 Å². The fourth-order valence-corrected chi connectivity index (χ4v) is 2.63. The van der Waals surface area contributed by atoms with Crippen LogP contribution in [0.5, 0.6) is 0 Å². The Morgan fingerprint density at radius 2 is 2.20 bits per heavy atom. The molecule has 6 heteroatoms. The van der Waals surface area contributed by atoms with Gasteiger partial charge in [0.2, 0.25) is 0 Å². The van der Waals surface area contributed by atoms with E-state index >= 15 is 0 Å². The quantitative estimate of drug-likeness (QED) is 0.783. The van der Waals surface area contributed by atoms with E-state index in [2.05, 4.69) is 26.2 Å². The van der Waals surface area contributed by atoms with Crippen LogP contribution in [0.15, 0.2) is 28.9 Å². The van der Waals surface area contributed by atoms with E-state index < -0.39 is 5.97 Å². The first-order chi connectivity index (χ1) is 9.49. The highest BCUT2D eigenvalue weighted by molar-refractivity contribution is 9.10. The summed E-state index contributed by atoms with van der Waals surface area (Å²) in [5.74, 6) is -1.17. The second-order valence-electron chi connectivity index (χ2n) is 4.78. The second-order valence-corrected chi connectivity index (χ2v) is 5.63. The summed E-state index contributed by atoms with van der Waals surface area (Å²) in [6.07, 6.45) is 1.70. The molecule has 2 rings (SSSR count). The van der Waals surface area contributed by atoms with Gasteiger partial charge in [-0.15, -0.1) is 0 Å². The summed E-state index contributed by atoms with van der Waals surface area (Å²) < 4.78 is 0.847. The van der Waals surface area contributed by atoms with Crippen molar-refractivity contribution in [2.24, 2.45) is 5.92 Å². The van der Waals surface area contributed by atoms with Gasteiger partial charge in [-0.25, -0.2) is 0 Å². The van der Waals surface area contributed by atoms with Gasteiger partial charge in [0.15, 0.2) is 0 Å². The molecule has 0 aliphatic rings. The molecule has 0 fully saturated rings. The summed E-state index contributed by atoms with van der Waals surface area (Å²) >= 11 is 3.43. The predicted molar refractivity (Wildman–Crippen MR) is 79.7 cm³/mol. The number of hydrogen-bond donors (Lipinski definition) is 3. The van der Waals surface area contributed by atoms with Gasteiger partial charge in [-0.3, -0.25) is 9.59 Å². The molecule has 0 aliphatic heterocycles. The zero-order valence-electron chi connectivity index (χ0n) is 10.9. The maximum atomic E-state index is 12.2. The van der Waals surface area contributed by atoms with Crippen LogP contribution < -0.4 is 5.32 Å². The molecule has 3 N–H and O–H groups in total. The molecular formula is C14H15BrN2O3. The number of fused-ring (bicyclic) bond motifs is 1. The number of benzene rings is 1. The summed E-state index contributed by atoms with van der Waals surface area (Å²) in [6.45, 7) is 2.13. The number of carbonyl (C=O) groups is 2. The Balaban J connectivity index is 2.10. The summed E-state index contributed by atoms with van der Waals surface area (Å²) in [5.41, 5.74) is 1.43. The summed E-state index contributed by atoms with van der Waals surface area (Å²) in [5, 5.41) is 12.3. The van der Waals surface area contributed by atoms with E-state index in [1.807, 2.05) is 18.2 Å². The van der Waals surface area contributed by atoms with Crippen molar-refractivity contribution in [3.63, 3.8) is 0 Å². The van der Waals surface area contributed by atoms with Crippen LogP contribution in [-0.2, 0) is 4.79 Å². The number of H-pyrrole nitrogens is 1. The number of aromatic nitrogens is 1. The molecule has 1 amide bonds. The molecule has 0 saturated carbocycles. The average molecular weight is 339 g/mol. The molecular weight excluding hydrogens is 324 g/mol. The van der Waals surface area contributed by atoms with E-state index in [1.54, 1.807) is 13.1 Å². The van der Waals surface area contributed by atoms with E-state index in [1.165, 1.54) is 0 Å². The summed E-state index contributed by atoms with van der Waals surface area (Å²) in [7, 11) is 0. The Bertz CT molecular complexity index is 651. The lowest BCUT2D eigenvalue weighted by Gasteiger charge is -2.10. The number of carbonyl (C=O) groups excluding carboxylic acids is 1. The molecule has 0 aliphatic carbocycles. The van der Waals surface area contributed by atoms with E-state index in [9.17, 15) is 9.59 Å². The van der Waals surface area contributed by atoms with Gasteiger partial charge in [0.1, 0.15) is 0 Å². The number of carboxylic acids is 1. The highest BCUT2D eigenvalue weighted by Gasteiger charge is 2.15. The van der Waals surface area contributed by atoms with E-state index in [0.717, 1.165) is 15.4 Å². The molecule has 0 radical (unpaired) electrons. The zero-order valence-corrected chi connectivity index (χ0v) is 12.5. The molecule has 1 aromatic heterocycles. The first-order valence-corrected chi connectivity index (χ1v) is 7.04. The zero-order chi connectivity index (χ0) is 14.7. The molecule has 1 heterocycles. The first-order valence-electron chi connectivity index (χ1n) is 6.24. The number of carboxylic acid groups (broad SMARTS) is 1. The van der Waals surface area contributed by atoms with Crippen molar-refractivity contribution in [1.82, 2.24) is 10.3 Å². The molecule has 5 nitrogen and oxygen atoms in total. The molecule has 1 unspecified atom stereocenters. The van der Waals surface area contributed by atoms with Crippen LogP contribution >= 0.6 is 15.9 Å². The van der Waals surface area contributed by atoms with E-state index in [0.29, 0.717) is 12.1 Å². The Morgan fingerprint density at radius 3 is 2.90 bits per heavy atom. The van der Waals surface area contributed by atoms with Gasteiger partial charge >= 0.3 is 5.97 Å². The summed E-state index contributed by atoms with van der Waals surface area (Å²) in [4.78, 5) is 25.8. The van der Waals surface area contributed by atoms with Crippen LogP contribution in [0.4, 0.5) is 0 Å². The minimum atomic E-state index is -0.860. The molecule has 0 spiro atoms. The van der Waals surface area contributed by atoms with Crippen molar-refractivity contribution >= 4 is 38.7 Å². The normalized spacial score (nSPS) is 12.3. The van der Waals surface area contributed by atoms with Gasteiger partial charge in [0.25, 0.3) is 5.91 Å². The fourth-order valence-electron chi connectivity index (χ4n) is 2.05. The number of aliphatic carboxylic acids is 1. The van der Waals surface area contributed by atoms with Gasteiger partial charge in [0.05, 0.1) is 5.56 Å². The topological polar surface area (TPSA) is 82.2 Å². The minimum Gasteiger partial charge on any atom is -0.481 e. The molecule has 1 aromatic carbocycles. The number of nitrogens with one attached hydrogen (secondary N) is 2. The molecule has 20 heavy (non-hydrogen) atoms. The van der Waals surface area contributed by atoms with Crippen LogP contribution in [0, 0.1) is 5.92 Å². The van der Waals surface area contributed by atoms with Crippen molar-refractivity contribution < 1.29 is 14.7 Å². The van der Waals surface area contributed by atoms with Crippen LogP contribution in [0.3, 0.4) is 0 Å². The van der Waals surface area contributed by atoms with Crippen LogP contribution in [0.1, 0.15) is 23.7 Å². The van der Waals surface area contributed by atoms with Crippen molar-refractivity contribution in [2.45, 2.75) is 13.3 Å². The Labute approximate surface area is 124 Å². The molecule has 2 aromatic rings. The standard InChI is InChI=1S/C14H15BrN2O3/c1-8(5-12(18)19)6-17-14(20)9-7-16-11-4-2-3-10(15)13(9)11/h2-4,7-8,16H,5-6H2,1H3,(H,17,20)(H,18,19). The Hall–Kier alpha value is -1.82. The third-order valence-electron chi connectivity index (χ3n) is 3.03. The SMILES string of the molecule is CC(CNC(=O)c1c[nH]c2cccc(Br)c12)CC(=O)O. The van der Waals surface area contributed by atoms with Gasteiger partial charge in [-0.05, 0) is 18.1 Å². The first kappa shape index (κ1) is 14.6. The fraction of sp³-hybridized carbons (Fsp3) is 0.286. The van der Waals surface area contributed by atoms with Crippen LogP contribution in [0.25, 0.3) is 10.9 Å². The van der Waals surface area contributed by atoms with Crippen molar-refractivity contribution in [1.29, 1.82) is 0 Å². The van der Waals surface area contributed by atoms with Gasteiger partial charge < -0.3 is 15.4 Å². The lowest BCUT2D eigenvalue weighted by Crippen LogP contribution is -2.29. The van der Waals surface area contributed by atoms with Gasteiger partial charge in [0, 0.05) is 34.5 Å². The number of rotatable bonds is 5. The smallest absolute Gasteiger partial charge is 0.303 e. The Kier molecular flexibility index (Phi) is 4.44. The monoisotopic (exact) mass is 338 g/mol. The highest BCUT2D eigenvalue weighted by Crippen LogP contribution is 2.26. The van der Waals surface area contributed by atoms with Crippen molar-refractivity contribution in [3.05, 3.63) is 34.4 Å².